The Morgan fingerprint density at radius 2 is 1.84 bits per heavy atom. The van der Waals surface area contributed by atoms with E-state index in [9.17, 15) is 9.59 Å². The fraction of sp³-hybridized carbons (Fsp3) is 0.179. The molecule has 9 heteroatoms. The van der Waals surface area contributed by atoms with E-state index in [1.165, 1.54) is 18.9 Å². The van der Waals surface area contributed by atoms with E-state index in [1.807, 2.05) is 57.2 Å². The first-order chi connectivity index (χ1) is 17.7. The lowest BCUT2D eigenvalue weighted by Gasteiger charge is -2.15. The molecule has 0 aliphatic carbocycles. The summed E-state index contributed by atoms with van der Waals surface area (Å²) in [5.41, 5.74) is 5.43. The molecule has 4 rings (SSSR count). The van der Waals surface area contributed by atoms with Crippen LogP contribution in [0.2, 0.25) is 0 Å². The highest BCUT2D eigenvalue weighted by atomic mass is 79.9. The molecule has 0 bridgehead atoms. The van der Waals surface area contributed by atoms with E-state index in [0.29, 0.717) is 26.4 Å². The van der Waals surface area contributed by atoms with Gasteiger partial charge in [-0.3, -0.25) is 14.5 Å². The van der Waals surface area contributed by atoms with Gasteiger partial charge in [-0.05, 0) is 101 Å². The molecule has 1 fully saturated rings. The molecule has 3 aromatic rings. The maximum atomic E-state index is 13.1. The average molecular weight is 598 g/mol. The van der Waals surface area contributed by atoms with Crippen LogP contribution in [0.15, 0.2) is 64.0 Å². The van der Waals surface area contributed by atoms with Gasteiger partial charge in [-0.2, -0.15) is 0 Å². The molecule has 37 heavy (non-hydrogen) atoms. The first-order valence-corrected chi connectivity index (χ1v) is 13.4. The highest BCUT2D eigenvalue weighted by Gasteiger charge is 2.33. The number of hydrogen-bond donors (Lipinski definition) is 1. The second-order valence-corrected chi connectivity index (χ2v) is 11.0. The third kappa shape index (κ3) is 6.23. The number of amides is 2. The predicted molar refractivity (Wildman–Crippen MR) is 158 cm³/mol. The molecule has 6 nitrogen and oxygen atoms in total. The number of rotatable bonds is 7. The molecule has 1 saturated heterocycles. The van der Waals surface area contributed by atoms with Crippen molar-refractivity contribution in [2.45, 2.75) is 20.8 Å². The number of nitrogens with zero attached hydrogens (tertiary/aromatic N) is 1. The molecule has 1 heterocycles. The number of thiocarbonyl (C=S) groups is 1. The maximum Gasteiger partial charge on any atom is 0.270 e. The minimum absolute atomic E-state index is 0.172. The molecule has 0 spiro atoms. The van der Waals surface area contributed by atoms with Crippen LogP contribution in [0, 0.1) is 20.8 Å². The quantitative estimate of drug-likeness (QED) is 0.239. The van der Waals surface area contributed by atoms with E-state index in [-0.39, 0.29) is 18.4 Å². The largest absolute Gasteiger partial charge is 0.493 e. The minimum Gasteiger partial charge on any atom is -0.493 e. The Morgan fingerprint density at radius 1 is 1.08 bits per heavy atom. The summed E-state index contributed by atoms with van der Waals surface area (Å²) in [5, 5.41) is 2.86. The van der Waals surface area contributed by atoms with Crippen molar-refractivity contribution in [3.8, 4) is 11.5 Å². The summed E-state index contributed by atoms with van der Waals surface area (Å²) in [4.78, 5) is 27.6. The molecular weight excluding hydrogens is 572 g/mol. The molecule has 3 aromatic carbocycles. The topological polar surface area (TPSA) is 67.9 Å². The van der Waals surface area contributed by atoms with Gasteiger partial charge in [0, 0.05) is 4.47 Å². The molecule has 0 unspecified atom stereocenters. The summed E-state index contributed by atoms with van der Waals surface area (Å²) in [5.74, 6) is 0.397. The fourth-order valence-corrected chi connectivity index (χ4v) is 5.56. The number of carbonyl (C=O) groups is 2. The van der Waals surface area contributed by atoms with Crippen LogP contribution in [-0.4, -0.2) is 29.9 Å². The fourth-order valence-electron chi connectivity index (χ4n) is 3.71. The van der Waals surface area contributed by atoms with Crippen molar-refractivity contribution >= 4 is 73.5 Å². The number of anilines is 2. The maximum absolute atomic E-state index is 13.1. The predicted octanol–water partition coefficient (Wildman–Crippen LogP) is 6.81. The summed E-state index contributed by atoms with van der Waals surface area (Å²) in [7, 11) is 1.52. The van der Waals surface area contributed by atoms with E-state index >= 15 is 0 Å². The van der Waals surface area contributed by atoms with Gasteiger partial charge in [0.25, 0.3) is 11.8 Å². The van der Waals surface area contributed by atoms with Crippen LogP contribution in [0.4, 0.5) is 11.4 Å². The number of benzene rings is 3. The van der Waals surface area contributed by atoms with E-state index in [2.05, 4.69) is 21.2 Å². The van der Waals surface area contributed by atoms with Crippen LogP contribution in [0.3, 0.4) is 0 Å². The van der Waals surface area contributed by atoms with Crippen LogP contribution < -0.4 is 19.7 Å². The van der Waals surface area contributed by atoms with Gasteiger partial charge in [-0.15, -0.1) is 0 Å². The monoisotopic (exact) mass is 596 g/mol. The lowest BCUT2D eigenvalue weighted by Crippen LogP contribution is -2.27. The lowest BCUT2D eigenvalue weighted by atomic mass is 10.1. The van der Waals surface area contributed by atoms with Crippen LogP contribution in [0.5, 0.6) is 11.5 Å². The van der Waals surface area contributed by atoms with E-state index < -0.39 is 0 Å². The van der Waals surface area contributed by atoms with Crippen molar-refractivity contribution in [1.82, 2.24) is 0 Å². The van der Waals surface area contributed by atoms with Gasteiger partial charge in [0.05, 0.1) is 23.4 Å². The van der Waals surface area contributed by atoms with Crippen molar-refractivity contribution < 1.29 is 19.1 Å². The van der Waals surface area contributed by atoms with Gasteiger partial charge >= 0.3 is 0 Å². The molecule has 190 valence electrons. The van der Waals surface area contributed by atoms with Crippen LogP contribution in [-0.2, 0) is 9.59 Å². The molecule has 0 radical (unpaired) electrons. The van der Waals surface area contributed by atoms with Gasteiger partial charge in [0.1, 0.15) is 0 Å². The Balaban J connectivity index is 1.45. The molecule has 1 N–H and O–H groups in total. The minimum atomic E-state index is -0.296. The first kappa shape index (κ1) is 26.9. The number of nitrogens with one attached hydrogen (secondary N) is 1. The molecular formula is C28H25BrN2O4S2. The third-order valence-electron chi connectivity index (χ3n) is 5.76. The second-order valence-electron chi connectivity index (χ2n) is 8.52. The number of carbonyl (C=O) groups excluding carboxylic acids is 2. The summed E-state index contributed by atoms with van der Waals surface area (Å²) in [6, 6.07) is 16.8. The summed E-state index contributed by atoms with van der Waals surface area (Å²) in [6.07, 6.45) is 1.77. The van der Waals surface area contributed by atoms with Gasteiger partial charge < -0.3 is 14.8 Å². The zero-order valence-electron chi connectivity index (χ0n) is 20.8. The van der Waals surface area contributed by atoms with Crippen molar-refractivity contribution in [2.24, 2.45) is 0 Å². The molecule has 0 saturated carbocycles. The van der Waals surface area contributed by atoms with Gasteiger partial charge in [0.15, 0.2) is 22.4 Å². The molecule has 2 amide bonds. The standard InChI is InChI=1S/C28H25BrN2O4S2/c1-16-6-5-7-20(10-16)31-27(33)25(37-28(31)36)14-19-8-9-23(24(13-19)34-4)35-15-26(32)30-22-12-18(3)17(2)11-21(22)29/h5-14H,15H2,1-4H3,(H,30,32)/b25-14-. The molecule has 1 aliphatic heterocycles. The normalized spacial score (nSPS) is 14.3. The Morgan fingerprint density at radius 3 is 2.57 bits per heavy atom. The van der Waals surface area contributed by atoms with Gasteiger partial charge in [-0.1, -0.05) is 42.2 Å². The third-order valence-corrected chi connectivity index (χ3v) is 7.71. The second kappa shape index (κ2) is 11.5. The van der Waals surface area contributed by atoms with E-state index in [1.54, 1.807) is 29.2 Å². The SMILES string of the molecule is COc1cc(/C=C2\SC(=S)N(c3cccc(C)c3)C2=O)ccc1OCC(=O)Nc1cc(C)c(C)cc1Br. The van der Waals surface area contributed by atoms with Crippen molar-refractivity contribution in [3.05, 3.63) is 86.2 Å². The van der Waals surface area contributed by atoms with Crippen molar-refractivity contribution in [3.63, 3.8) is 0 Å². The Kier molecular flexibility index (Phi) is 8.36. The van der Waals surface area contributed by atoms with Crippen LogP contribution in [0.25, 0.3) is 6.08 Å². The summed E-state index contributed by atoms with van der Waals surface area (Å²) < 4.78 is 12.5. The zero-order chi connectivity index (χ0) is 26.7. The highest BCUT2D eigenvalue weighted by Crippen LogP contribution is 2.37. The first-order valence-electron chi connectivity index (χ1n) is 11.4. The molecule has 0 atom stereocenters. The van der Waals surface area contributed by atoms with Crippen LogP contribution in [0.1, 0.15) is 22.3 Å². The van der Waals surface area contributed by atoms with Gasteiger partial charge in [0.2, 0.25) is 0 Å². The van der Waals surface area contributed by atoms with E-state index in [0.717, 1.165) is 32.4 Å². The average Bonchev–Trinajstić information content (AvgIpc) is 3.13. The highest BCUT2D eigenvalue weighted by molar-refractivity contribution is 9.10. The summed E-state index contributed by atoms with van der Waals surface area (Å²) in [6.45, 7) is 5.78. The smallest absolute Gasteiger partial charge is 0.270 e. The Hall–Kier alpha value is -3.14. The molecule has 1 aliphatic rings. The number of methoxy groups -OCH3 is 1. The van der Waals surface area contributed by atoms with Crippen molar-refractivity contribution in [1.29, 1.82) is 0 Å². The number of halogens is 1. The van der Waals surface area contributed by atoms with Crippen LogP contribution >= 0.6 is 39.9 Å². The number of ether oxygens (including phenoxy) is 2. The number of thioether (sulfide) groups is 1. The zero-order valence-corrected chi connectivity index (χ0v) is 24.0. The lowest BCUT2D eigenvalue weighted by molar-refractivity contribution is -0.118. The number of aryl methyl sites for hydroxylation is 3. The Labute approximate surface area is 234 Å². The van der Waals surface area contributed by atoms with Gasteiger partial charge in [-0.25, -0.2) is 0 Å². The summed E-state index contributed by atoms with van der Waals surface area (Å²) >= 11 is 10.2. The van der Waals surface area contributed by atoms with Crippen molar-refractivity contribution in [2.75, 3.05) is 23.9 Å². The van der Waals surface area contributed by atoms with E-state index in [4.69, 9.17) is 21.7 Å². The Bertz CT molecular complexity index is 1440. The molecule has 0 aromatic heterocycles. The number of hydrogen-bond acceptors (Lipinski definition) is 6.